The molecule has 1 aromatic rings. The van der Waals surface area contributed by atoms with E-state index in [1.807, 2.05) is 11.6 Å². The number of aliphatic carboxylic acids is 1. The summed E-state index contributed by atoms with van der Waals surface area (Å²) in [7, 11) is -6.96. The van der Waals surface area contributed by atoms with Crippen molar-refractivity contribution >= 4 is 55.0 Å². The van der Waals surface area contributed by atoms with Gasteiger partial charge in [-0.2, -0.15) is 0 Å². The highest BCUT2D eigenvalue weighted by Gasteiger charge is 2.39. The maximum atomic E-state index is 12.8. The standard InChI is InChI=1S/C19H27N3O10S3/c1-4-20-13-7-11(2)34(28,29)19-12(13)8-18(33-19)35(30,31)21-14(23)9-22(3)15(24)10-32-17(27)6-5-16(25)26/h8,11,13,20H,4-7,9-10H2,1-3H3,(H,21,23)(H,25,26)/t11-,13-/m0/s1. The first-order valence-electron chi connectivity index (χ1n) is 10.5. The highest BCUT2D eigenvalue weighted by Crippen LogP contribution is 2.42. The number of carbonyl (C=O) groups excluding carboxylic acids is 3. The average molecular weight is 554 g/mol. The Labute approximate surface area is 206 Å². The largest absolute Gasteiger partial charge is 0.481 e. The van der Waals surface area contributed by atoms with E-state index in [1.165, 1.54) is 13.1 Å². The van der Waals surface area contributed by atoms with Crippen molar-refractivity contribution in [2.75, 3.05) is 26.7 Å². The Morgan fingerprint density at radius 1 is 1.26 bits per heavy atom. The fourth-order valence-electron chi connectivity index (χ4n) is 3.24. The Balaban J connectivity index is 2.05. The number of esters is 1. The minimum absolute atomic E-state index is 0.0629. The fourth-order valence-corrected chi connectivity index (χ4v) is 8.22. The summed E-state index contributed by atoms with van der Waals surface area (Å²) >= 11 is 0.557. The number of likely N-dealkylation sites (N-methyl/N-ethyl adjacent to an activating group) is 1. The maximum Gasteiger partial charge on any atom is 0.306 e. The molecule has 35 heavy (non-hydrogen) atoms. The van der Waals surface area contributed by atoms with Crippen molar-refractivity contribution in [3.63, 3.8) is 0 Å². The lowest BCUT2D eigenvalue weighted by atomic mass is 10.1. The third-order valence-electron chi connectivity index (χ3n) is 5.10. The van der Waals surface area contributed by atoms with Crippen LogP contribution in [0.25, 0.3) is 0 Å². The molecule has 0 fully saturated rings. The topological polar surface area (TPSA) is 193 Å². The number of sulfonamides is 1. The zero-order valence-electron chi connectivity index (χ0n) is 19.3. The first-order valence-corrected chi connectivity index (χ1v) is 14.3. The van der Waals surface area contributed by atoms with E-state index in [0.29, 0.717) is 23.4 Å². The molecule has 2 amide bonds. The highest BCUT2D eigenvalue weighted by molar-refractivity contribution is 7.95. The zero-order valence-corrected chi connectivity index (χ0v) is 21.7. The van der Waals surface area contributed by atoms with Gasteiger partial charge in [0.05, 0.1) is 18.1 Å². The molecule has 2 rings (SSSR count). The zero-order chi connectivity index (χ0) is 26.6. The van der Waals surface area contributed by atoms with Crippen molar-refractivity contribution in [2.45, 2.75) is 52.8 Å². The molecule has 0 spiro atoms. The van der Waals surface area contributed by atoms with Crippen LogP contribution in [0.4, 0.5) is 0 Å². The van der Waals surface area contributed by atoms with Gasteiger partial charge in [-0.1, -0.05) is 6.92 Å². The van der Waals surface area contributed by atoms with E-state index in [-0.39, 0.29) is 20.9 Å². The van der Waals surface area contributed by atoms with Crippen LogP contribution in [0.5, 0.6) is 0 Å². The smallest absolute Gasteiger partial charge is 0.306 e. The molecule has 0 radical (unpaired) electrons. The van der Waals surface area contributed by atoms with Crippen LogP contribution in [0, 0.1) is 0 Å². The van der Waals surface area contributed by atoms with Gasteiger partial charge in [-0.3, -0.25) is 19.2 Å². The van der Waals surface area contributed by atoms with E-state index in [4.69, 9.17) is 5.11 Å². The number of hydrogen-bond acceptors (Lipinski definition) is 11. The maximum absolute atomic E-state index is 12.8. The van der Waals surface area contributed by atoms with Gasteiger partial charge >= 0.3 is 11.9 Å². The van der Waals surface area contributed by atoms with Crippen LogP contribution in [-0.4, -0.2) is 82.6 Å². The third kappa shape index (κ3) is 7.22. The molecule has 0 bridgehead atoms. The summed E-state index contributed by atoms with van der Waals surface area (Å²) in [6, 6.07) is 0.879. The van der Waals surface area contributed by atoms with Crippen molar-refractivity contribution in [3.8, 4) is 0 Å². The van der Waals surface area contributed by atoms with Gasteiger partial charge in [0.2, 0.25) is 0 Å². The highest BCUT2D eigenvalue weighted by atomic mass is 32.3. The van der Waals surface area contributed by atoms with E-state index in [1.54, 1.807) is 6.92 Å². The van der Waals surface area contributed by atoms with Crippen molar-refractivity contribution in [1.82, 2.24) is 14.9 Å². The van der Waals surface area contributed by atoms with Crippen molar-refractivity contribution in [1.29, 1.82) is 0 Å². The number of carboxylic acid groups (broad SMARTS) is 1. The Morgan fingerprint density at radius 2 is 1.91 bits per heavy atom. The van der Waals surface area contributed by atoms with E-state index >= 15 is 0 Å². The van der Waals surface area contributed by atoms with Crippen LogP contribution in [-0.2, 0) is 43.8 Å². The molecule has 13 nitrogen and oxygen atoms in total. The van der Waals surface area contributed by atoms with E-state index in [9.17, 15) is 36.0 Å². The summed E-state index contributed by atoms with van der Waals surface area (Å²) in [6.07, 6.45) is -0.622. The Hall–Kier alpha value is -2.56. The van der Waals surface area contributed by atoms with Gasteiger partial charge in [0, 0.05) is 18.7 Å². The average Bonchev–Trinajstić information content (AvgIpc) is 3.22. The molecule has 0 aliphatic carbocycles. The number of rotatable bonds is 11. The fraction of sp³-hybridized carbons (Fsp3) is 0.579. The lowest BCUT2D eigenvalue weighted by Gasteiger charge is -2.27. The molecule has 0 unspecified atom stereocenters. The summed E-state index contributed by atoms with van der Waals surface area (Å²) in [4.78, 5) is 46.9. The van der Waals surface area contributed by atoms with E-state index in [0.717, 1.165) is 4.90 Å². The molecule has 0 saturated heterocycles. The summed E-state index contributed by atoms with van der Waals surface area (Å²) in [5.41, 5.74) is 0.333. The first-order chi connectivity index (χ1) is 16.2. The van der Waals surface area contributed by atoms with Crippen LogP contribution < -0.4 is 10.0 Å². The Morgan fingerprint density at radius 3 is 2.51 bits per heavy atom. The molecule has 2 heterocycles. The SMILES string of the molecule is CCN[C@H]1C[C@H](C)S(=O)(=O)c2sc(S(=O)(=O)NC(=O)CN(C)C(=O)COC(=O)CCC(=O)O)cc21. The number of carbonyl (C=O) groups is 4. The molecule has 3 N–H and O–H groups in total. The van der Waals surface area contributed by atoms with E-state index in [2.05, 4.69) is 10.1 Å². The van der Waals surface area contributed by atoms with E-state index < -0.39 is 74.9 Å². The molecule has 2 atom stereocenters. The predicted octanol–water partition coefficient (Wildman–Crippen LogP) is -0.364. The van der Waals surface area contributed by atoms with Gasteiger partial charge in [0.25, 0.3) is 21.8 Å². The third-order valence-corrected chi connectivity index (χ3v) is 10.8. The van der Waals surface area contributed by atoms with Gasteiger partial charge in [0.15, 0.2) is 16.4 Å². The number of hydrogen-bond donors (Lipinski definition) is 3. The lowest BCUT2D eigenvalue weighted by Crippen LogP contribution is -2.42. The first kappa shape index (κ1) is 28.7. The second kappa shape index (κ2) is 11.5. The van der Waals surface area contributed by atoms with Gasteiger partial charge in [-0.25, -0.2) is 21.6 Å². The van der Waals surface area contributed by atoms with Crippen molar-refractivity contribution in [2.24, 2.45) is 0 Å². The van der Waals surface area contributed by atoms with Crippen molar-refractivity contribution < 1.29 is 45.9 Å². The van der Waals surface area contributed by atoms with Crippen LogP contribution >= 0.6 is 11.3 Å². The Kier molecular flexibility index (Phi) is 9.38. The van der Waals surface area contributed by atoms with Crippen LogP contribution in [0.1, 0.15) is 44.7 Å². The molecule has 0 saturated carbocycles. The monoisotopic (exact) mass is 553 g/mol. The van der Waals surface area contributed by atoms with Crippen LogP contribution in [0.15, 0.2) is 14.5 Å². The molecule has 0 aromatic carbocycles. The molecular weight excluding hydrogens is 526 g/mol. The molecular formula is C19H27N3O10S3. The molecule has 196 valence electrons. The van der Waals surface area contributed by atoms with Gasteiger partial charge < -0.3 is 20.1 Å². The van der Waals surface area contributed by atoms with Gasteiger partial charge in [-0.15, -0.1) is 11.3 Å². The van der Waals surface area contributed by atoms with Gasteiger partial charge in [-0.05, 0) is 26.0 Å². The summed E-state index contributed by atoms with van der Waals surface area (Å²) in [5.74, 6) is -4.01. The minimum atomic E-state index is -4.42. The number of fused-ring (bicyclic) bond motifs is 1. The number of sulfone groups is 1. The van der Waals surface area contributed by atoms with Crippen LogP contribution in [0.3, 0.4) is 0 Å². The lowest BCUT2D eigenvalue weighted by molar-refractivity contribution is -0.153. The molecule has 1 aliphatic rings. The second-order valence-electron chi connectivity index (χ2n) is 7.84. The second-order valence-corrected chi connectivity index (χ2v) is 13.4. The molecule has 1 aliphatic heterocycles. The number of carboxylic acids is 1. The minimum Gasteiger partial charge on any atom is -0.481 e. The summed E-state index contributed by atoms with van der Waals surface area (Å²) in [5, 5.41) is 10.9. The number of ether oxygens (including phenoxy) is 1. The predicted molar refractivity (Wildman–Crippen MR) is 123 cm³/mol. The number of amides is 2. The molecule has 1 aromatic heterocycles. The number of thiophene rings is 1. The molecule has 16 heteroatoms. The normalized spacial score (nSPS) is 18.8. The Bertz CT molecular complexity index is 1210. The number of nitrogens with zero attached hydrogens (tertiary/aromatic N) is 1. The summed E-state index contributed by atoms with van der Waals surface area (Å²) in [6.45, 7) is 2.49. The summed E-state index contributed by atoms with van der Waals surface area (Å²) < 4.78 is 57.0. The van der Waals surface area contributed by atoms with Crippen LogP contribution in [0.2, 0.25) is 0 Å². The quantitative estimate of drug-likeness (QED) is 0.303. The van der Waals surface area contributed by atoms with Gasteiger partial charge in [0.1, 0.15) is 15.0 Å². The number of nitrogens with one attached hydrogen (secondary N) is 2. The van der Waals surface area contributed by atoms with Crippen molar-refractivity contribution in [3.05, 3.63) is 11.6 Å².